The Morgan fingerprint density at radius 2 is 1.35 bits per heavy atom. The van der Waals surface area contributed by atoms with Gasteiger partial charge in [0.05, 0.1) is 11.1 Å². The monoisotopic (exact) mass is 283 g/mol. The molecule has 2 aromatic carbocycles. The van der Waals surface area contributed by atoms with Crippen LogP contribution in [-0.2, 0) is 0 Å². The number of carbonyl (C=O) groups is 2. The van der Waals surface area contributed by atoms with E-state index in [2.05, 4.69) is 0 Å². The van der Waals surface area contributed by atoms with Crippen LogP contribution in [0, 0.1) is 0 Å². The highest BCUT2D eigenvalue weighted by molar-refractivity contribution is 7.98. The van der Waals surface area contributed by atoms with E-state index in [1.807, 2.05) is 37.3 Å². The highest BCUT2D eigenvalue weighted by atomic mass is 32.2. The summed E-state index contributed by atoms with van der Waals surface area (Å²) in [6, 6.07) is 16.8. The Labute approximate surface area is 121 Å². The molecule has 2 amide bonds. The van der Waals surface area contributed by atoms with Crippen molar-refractivity contribution in [1.82, 2.24) is 4.31 Å². The van der Waals surface area contributed by atoms with Crippen molar-refractivity contribution in [3.05, 3.63) is 71.3 Å². The largest absolute Gasteiger partial charge is 0.271 e. The van der Waals surface area contributed by atoms with Crippen LogP contribution in [0.4, 0.5) is 0 Å². The van der Waals surface area contributed by atoms with E-state index in [4.69, 9.17) is 0 Å². The zero-order valence-electron chi connectivity index (χ0n) is 10.9. The first kappa shape index (κ1) is 12.9. The first-order chi connectivity index (χ1) is 9.68. The maximum Gasteiger partial charge on any atom is 0.271 e. The van der Waals surface area contributed by atoms with Gasteiger partial charge < -0.3 is 0 Å². The first-order valence-corrected chi connectivity index (χ1v) is 7.21. The molecule has 0 aliphatic carbocycles. The lowest BCUT2D eigenvalue weighted by atomic mass is 10.1. The van der Waals surface area contributed by atoms with Crippen molar-refractivity contribution < 1.29 is 9.59 Å². The van der Waals surface area contributed by atoms with Gasteiger partial charge in [0.25, 0.3) is 11.8 Å². The zero-order chi connectivity index (χ0) is 14.1. The highest BCUT2D eigenvalue weighted by Gasteiger charge is 2.36. The fraction of sp³-hybridized carbons (Fsp3) is 0.125. The third-order valence-electron chi connectivity index (χ3n) is 3.29. The van der Waals surface area contributed by atoms with Crippen molar-refractivity contribution in [1.29, 1.82) is 0 Å². The smallest absolute Gasteiger partial charge is 0.268 e. The number of carbonyl (C=O) groups excluding carboxylic acids is 2. The molecule has 0 aromatic heterocycles. The minimum atomic E-state index is -0.224. The number of amides is 2. The summed E-state index contributed by atoms with van der Waals surface area (Å²) in [6.07, 6.45) is 0. The van der Waals surface area contributed by atoms with Crippen LogP contribution < -0.4 is 0 Å². The molecule has 0 saturated heterocycles. The standard InChI is InChI=1S/C16H13NO2S/c1-11(12-7-3-2-4-8-12)20-17-15(18)13-9-5-6-10-14(13)16(17)19/h2-11H,1H3. The normalized spacial score (nSPS) is 15.3. The number of benzene rings is 2. The molecule has 1 unspecified atom stereocenters. The van der Waals surface area contributed by atoms with Gasteiger partial charge in [0.1, 0.15) is 0 Å². The van der Waals surface area contributed by atoms with Crippen molar-refractivity contribution in [2.45, 2.75) is 12.2 Å². The van der Waals surface area contributed by atoms with E-state index in [1.54, 1.807) is 24.3 Å². The van der Waals surface area contributed by atoms with Crippen LogP contribution in [0.15, 0.2) is 54.6 Å². The Hall–Kier alpha value is -2.07. The van der Waals surface area contributed by atoms with E-state index in [-0.39, 0.29) is 17.1 Å². The van der Waals surface area contributed by atoms with Gasteiger partial charge in [-0.05, 0) is 36.6 Å². The quantitative estimate of drug-likeness (QED) is 0.637. The molecule has 3 nitrogen and oxygen atoms in total. The predicted octanol–water partition coefficient (Wildman–Crippen LogP) is 3.69. The van der Waals surface area contributed by atoms with Gasteiger partial charge in [0.15, 0.2) is 0 Å². The van der Waals surface area contributed by atoms with Crippen LogP contribution in [-0.4, -0.2) is 16.1 Å². The van der Waals surface area contributed by atoms with E-state index in [1.165, 1.54) is 16.3 Å². The third-order valence-corrected chi connectivity index (χ3v) is 4.42. The molecule has 1 atom stereocenters. The number of fused-ring (bicyclic) bond motifs is 1. The van der Waals surface area contributed by atoms with Crippen LogP contribution in [0.5, 0.6) is 0 Å². The number of imide groups is 1. The number of hydrogen-bond donors (Lipinski definition) is 0. The predicted molar refractivity (Wildman–Crippen MR) is 79.4 cm³/mol. The molecule has 0 fully saturated rings. The van der Waals surface area contributed by atoms with Gasteiger partial charge in [-0.15, -0.1) is 0 Å². The average Bonchev–Trinajstić information content (AvgIpc) is 2.74. The Bertz CT molecular complexity index is 634. The Balaban J connectivity index is 1.84. The summed E-state index contributed by atoms with van der Waals surface area (Å²) in [5, 5.41) is 0.0402. The molecule has 1 aliphatic heterocycles. The number of rotatable bonds is 3. The molecule has 1 aliphatic rings. The SMILES string of the molecule is CC(SN1C(=O)c2ccccc2C1=O)c1ccccc1. The molecular weight excluding hydrogens is 270 g/mol. The second kappa shape index (κ2) is 5.13. The Morgan fingerprint density at radius 3 is 1.90 bits per heavy atom. The molecule has 2 aromatic rings. The van der Waals surface area contributed by atoms with Gasteiger partial charge in [0.2, 0.25) is 0 Å². The van der Waals surface area contributed by atoms with E-state index in [0.29, 0.717) is 11.1 Å². The second-order valence-corrected chi connectivity index (χ2v) is 5.89. The van der Waals surface area contributed by atoms with Gasteiger partial charge >= 0.3 is 0 Å². The minimum absolute atomic E-state index is 0.0402. The number of nitrogens with zero attached hydrogens (tertiary/aromatic N) is 1. The lowest BCUT2D eigenvalue weighted by molar-refractivity contribution is 0.0776. The molecule has 20 heavy (non-hydrogen) atoms. The molecule has 4 heteroatoms. The summed E-state index contributed by atoms with van der Waals surface area (Å²) in [5.41, 5.74) is 2.07. The van der Waals surface area contributed by atoms with Crippen molar-refractivity contribution in [3.8, 4) is 0 Å². The fourth-order valence-electron chi connectivity index (χ4n) is 2.21. The lowest BCUT2D eigenvalue weighted by Crippen LogP contribution is -2.23. The van der Waals surface area contributed by atoms with Crippen LogP contribution in [0.25, 0.3) is 0 Å². The maximum atomic E-state index is 12.3. The Kier molecular flexibility index (Phi) is 3.32. The van der Waals surface area contributed by atoms with Crippen molar-refractivity contribution in [2.75, 3.05) is 0 Å². The van der Waals surface area contributed by atoms with Crippen LogP contribution >= 0.6 is 11.9 Å². The molecule has 0 saturated carbocycles. The molecule has 0 radical (unpaired) electrons. The van der Waals surface area contributed by atoms with Crippen molar-refractivity contribution in [2.24, 2.45) is 0 Å². The highest BCUT2D eigenvalue weighted by Crippen LogP contribution is 2.36. The maximum absolute atomic E-state index is 12.3. The summed E-state index contributed by atoms with van der Waals surface area (Å²) in [5.74, 6) is -0.447. The number of hydrogen-bond acceptors (Lipinski definition) is 3. The first-order valence-electron chi connectivity index (χ1n) is 6.38. The average molecular weight is 283 g/mol. The van der Waals surface area contributed by atoms with Crippen molar-refractivity contribution in [3.63, 3.8) is 0 Å². The molecule has 1 heterocycles. The van der Waals surface area contributed by atoms with Crippen LogP contribution in [0.1, 0.15) is 38.5 Å². The lowest BCUT2D eigenvalue weighted by Gasteiger charge is -2.18. The topological polar surface area (TPSA) is 37.4 Å². The van der Waals surface area contributed by atoms with Gasteiger partial charge in [-0.1, -0.05) is 42.5 Å². The van der Waals surface area contributed by atoms with E-state index >= 15 is 0 Å². The summed E-state index contributed by atoms with van der Waals surface area (Å²) >= 11 is 1.27. The molecule has 0 spiro atoms. The summed E-state index contributed by atoms with van der Waals surface area (Å²) in [7, 11) is 0. The minimum Gasteiger partial charge on any atom is -0.268 e. The van der Waals surface area contributed by atoms with Crippen molar-refractivity contribution >= 4 is 23.8 Å². The summed E-state index contributed by atoms with van der Waals surface area (Å²) < 4.78 is 1.27. The van der Waals surface area contributed by atoms with Gasteiger partial charge in [0, 0.05) is 5.25 Å². The van der Waals surface area contributed by atoms with Crippen LogP contribution in [0.2, 0.25) is 0 Å². The van der Waals surface area contributed by atoms with Gasteiger partial charge in [-0.2, -0.15) is 0 Å². The van der Waals surface area contributed by atoms with E-state index in [0.717, 1.165) is 5.56 Å². The van der Waals surface area contributed by atoms with E-state index in [9.17, 15) is 9.59 Å². The molecule has 0 N–H and O–H groups in total. The zero-order valence-corrected chi connectivity index (χ0v) is 11.8. The van der Waals surface area contributed by atoms with Gasteiger partial charge in [-0.25, -0.2) is 4.31 Å². The molecule has 100 valence electrons. The molecular formula is C16H13NO2S. The summed E-state index contributed by atoms with van der Waals surface area (Å²) in [4.78, 5) is 24.5. The van der Waals surface area contributed by atoms with Crippen LogP contribution in [0.3, 0.4) is 0 Å². The second-order valence-electron chi connectivity index (χ2n) is 4.61. The van der Waals surface area contributed by atoms with E-state index < -0.39 is 0 Å². The molecule has 0 bridgehead atoms. The Morgan fingerprint density at radius 1 is 0.850 bits per heavy atom. The fourth-order valence-corrected chi connectivity index (χ4v) is 3.19. The summed E-state index contributed by atoms with van der Waals surface area (Å²) in [6.45, 7) is 1.99. The van der Waals surface area contributed by atoms with Gasteiger partial charge in [-0.3, -0.25) is 9.59 Å². The molecule has 3 rings (SSSR count). The third kappa shape index (κ3) is 2.12.